The molecule has 1 aliphatic rings. The maximum Gasteiger partial charge on any atom is 0.341 e. The van der Waals surface area contributed by atoms with Gasteiger partial charge in [0.1, 0.15) is 24.2 Å². The number of pyridine rings is 1. The van der Waals surface area contributed by atoms with Crippen LogP contribution in [-0.2, 0) is 11.4 Å². The molecule has 0 aliphatic carbocycles. The number of aromatic carboxylic acids is 1. The van der Waals surface area contributed by atoms with E-state index in [9.17, 15) is 14.7 Å². The van der Waals surface area contributed by atoms with Crippen molar-refractivity contribution in [2.45, 2.75) is 13.5 Å². The number of furan rings is 1. The zero-order valence-electron chi connectivity index (χ0n) is 18.5. The molecule has 1 aromatic carbocycles. The third-order valence-corrected chi connectivity index (χ3v) is 5.81. The van der Waals surface area contributed by atoms with Crippen LogP contribution < -0.4 is 10.3 Å². The quantitative estimate of drug-likeness (QED) is 0.431. The first-order valence-corrected chi connectivity index (χ1v) is 10.6. The highest BCUT2D eigenvalue weighted by Gasteiger charge is 2.24. The van der Waals surface area contributed by atoms with Crippen LogP contribution in [0.3, 0.4) is 0 Å². The molecule has 0 unspecified atom stereocenters. The zero-order valence-corrected chi connectivity index (χ0v) is 18.5. The van der Waals surface area contributed by atoms with Crippen molar-refractivity contribution in [3.8, 4) is 0 Å². The number of carboxylic acids is 1. The molecule has 0 saturated carbocycles. The van der Waals surface area contributed by atoms with Crippen molar-refractivity contribution in [3.63, 3.8) is 0 Å². The van der Waals surface area contributed by atoms with E-state index >= 15 is 4.39 Å². The predicted octanol–water partition coefficient (Wildman–Crippen LogP) is 2.62. The normalized spacial score (nSPS) is 15.2. The first-order valence-electron chi connectivity index (χ1n) is 10.6. The third kappa shape index (κ3) is 4.47. The Morgan fingerprint density at radius 2 is 2.03 bits per heavy atom. The third-order valence-electron chi connectivity index (χ3n) is 5.81. The topological polar surface area (TPSA) is 101 Å². The average Bonchev–Trinajstić information content (AvgIpc) is 3.34. The lowest BCUT2D eigenvalue weighted by Crippen LogP contribution is -2.48. The second kappa shape index (κ2) is 9.45. The highest BCUT2D eigenvalue weighted by Crippen LogP contribution is 2.26. The molecule has 4 rings (SSSR count). The number of hydrogen-bond donors (Lipinski definition) is 1. The van der Waals surface area contributed by atoms with Crippen LogP contribution >= 0.6 is 0 Å². The summed E-state index contributed by atoms with van der Waals surface area (Å²) < 4.78 is 22.1. The maximum atomic E-state index is 15.0. The van der Waals surface area contributed by atoms with E-state index in [4.69, 9.17) is 9.25 Å². The van der Waals surface area contributed by atoms with Gasteiger partial charge in [0.2, 0.25) is 5.43 Å². The number of carbonyl (C=O) groups is 1. The molecule has 33 heavy (non-hydrogen) atoms. The van der Waals surface area contributed by atoms with Crippen LogP contribution in [-0.4, -0.2) is 66.1 Å². The molecule has 1 fully saturated rings. The minimum absolute atomic E-state index is 0.0653. The summed E-state index contributed by atoms with van der Waals surface area (Å²) in [7, 11) is 1.48. The highest BCUT2D eigenvalue weighted by atomic mass is 19.1. The Labute approximate surface area is 189 Å². The molecule has 0 atom stereocenters. The van der Waals surface area contributed by atoms with Crippen LogP contribution in [0.15, 0.2) is 51.1 Å². The van der Waals surface area contributed by atoms with Gasteiger partial charge in [0.05, 0.1) is 17.5 Å². The fraction of sp³-hybridized carbons (Fsp3) is 0.348. The largest absolute Gasteiger partial charge is 0.477 e. The lowest BCUT2D eigenvalue weighted by Gasteiger charge is -2.36. The predicted molar refractivity (Wildman–Crippen MR) is 122 cm³/mol. The molecule has 9 nitrogen and oxygen atoms in total. The van der Waals surface area contributed by atoms with E-state index in [1.54, 1.807) is 23.0 Å². The van der Waals surface area contributed by atoms with Gasteiger partial charge in [-0.05, 0) is 31.2 Å². The Morgan fingerprint density at radius 1 is 1.27 bits per heavy atom. The Kier molecular flexibility index (Phi) is 6.45. The number of rotatable bonds is 7. The first-order chi connectivity index (χ1) is 15.9. The van der Waals surface area contributed by atoms with Crippen molar-refractivity contribution in [3.05, 3.63) is 64.1 Å². The van der Waals surface area contributed by atoms with E-state index in [0.29, 0.717) is 61.9 Å². The lowest BCUT2D eigenvalue weighted by atomic mass is 10.1. The number of oxime groups is 1. The fourth-order valence-corrected chi connectivity index (χ4v) is 4.12. The first kappa shape index (κ1) is 22.5. The number of carboxylic acid groups (broad SMARTS) is 1. The number of aromatic nitrogens is 1. The highest BCUT2D eigenvalue weighted by molar-refractivity contribution is 5.99. The molecular weight excluding hydrogens is 431 g/mol. The number of halogens is 1. The summed E-state index contributed by atoms with van der Waals surface area (Å²) >= 11 is 0. The molecule has 10 heteroatoms. The van der Waals surface area contributed by atoms with Gasteiger partial charge in [-0.3, -0.25) is 9.69 Å². The van der Waals surface area contributed by atoms with E-state index in [-0.39, 0.29) is 10.9 Å². The van der Waals surface area contributed by atoms with Gasteiger partial charge in [0.25, 0.3) is 0 Å². The molecule has 1 saturated heterocycles. The minimum atomic E-state index is -1.32. The van der Waals surface area contributed by atoms with Crippen molar-refractivity contribution in [2.24, 2.45) is 5.16 Å². The van der Waals surface area contributed by atoms with Gasteiger partial charge < -0.3 is 23.8 Å². The number of benzene rings is 1. The van der Waals surface area contributed by atoms with E-state index in [2.05, 4.69) is 10.1 Å². The molecule has 0 bridgehead atoms. The van der Waals surface area contributed by atoms with Crippen molar-refractivity contribution < 1.29 is 23.5 Å². The van der Waals surface area contributed by atoms with Crippen molar-refractivity contribution in [2.75, 3.05) is 44.7 Å². The Hall–Kier alpha value is -3.66. The summed E-state index contributed by atoms with van der Waals surface area (Å²) in [5.41, 5.74) is 0.534. The van der Waals surface area contributed by atoms with Crippen LogP contribution in [0.25, 0.3) is 10.9 Å². The maximum absolute atomic E-state index is 15.0. The van der Waals surface area contributed by atoms with Gasteiger partial charge in [-0.1, -0.05) is 5.16 Å². The number of anilines is 1. The summed E-state index contributed by atoms with van der Waals surface area (Å²) in [5.74, 6) is -1.23. The van der Waals surface area contributed by atoms with Crippen molar-refractivity contribution in [1.29, 1.82) is 0 Å². The molecule has 0 spiro atoms. The molecule has 3 aromatic rings. The van der Waals surface area contributed by atoms with Crippen LogP contribution in [0.2, 0.25) is 0 Å². The standard InChI is InChI=1S/C23H25FN4O5/c1-3-27-13-16(23(30)31)22(29)15-11-17(24)20(12-19(15)27)28-8-6-26(7-9-28)14-18(25-32-2)21-5-4-10-33-21/h4-5,10-13H,3,6-9,14H2,1-2H3,(H,30,31)/b25-18-. The van der Waals surface area contributed by atoms with Gasteiger partial charge >= 0.3 is 5.97 Å². The summed E-state index contributed by atoms with van der Waals surface area (Å²) in [5, 5.41) is 13.4. The van der Waals surface area contributed by atoms with Crippen LogP contribution in [0.1, 0.15) is 23.0 Å². The zero-order chi connectivity index (χ0) is 23.5. The number of hydrogen-bond acceptors (Lipinski definition) is 7. The second-order valence-electron chi connectivity index (χ2n) is 7.74. The monoisotopic (exact) mass is 456 g/mol. The fourth-order valence-electron chi connectivity index (χ4n) is 4.12. The molecule has 0 amide bonds. The smallest absolute Gasteiger partial charge is 0.341 e. The number of piperazine rings is 1. The summed E-state index contributed by atoms with van der Waals surface area (Å²) in [6.45, 7) is 5.30. The van der Waals surface area contributed by atoms with Crippen LogP contribution in [0.5, 0.6) is 0 Å². The summed E-state index contributed by atoms with van der Waals surface area (Å²) in [4.78, 5) is 33.0. The Morgan fingerprint density at radius 3 is 2.64 bits per heavy atom. The number of nitrogens with zero attached hydrogens (tertiary/aromatic N) is 4. The SMILES string of the molecule is CCn1cc(C(=O)O)c(=O)c2cc(F)c(N3CCN(C/C(=N/OC)c4ccco4)CC3)cc21. The molecule has 174 valence electrons. The molecule has 0 radical (unpaired) electrons. The minimum Gasteiger partial charge on any atom is -0.477 e. The van der Waals surface area contributed by atoms with Crippen molar-refractivity contribution >= 4 is 28.3 Å². The molecule has 1 N–H and O–H groups in total. The Balaban J connectivity index is 1.56. The van der Waals surface area contributed by atoms with Gasteiger partial charge in [-0.2, -0.15) is 0 Å². The number of fused-ring (bicyclic) bond motifs is 1. The average molecular weight is 456 g/mol. The lowest BCUT2D eigenvalue weighted by molar-refractivity contribution is 0.0695. The molecule has 1 aliphatic heterocycles. The van der Waals surface area contributed by atoms with Crippen molar-refractivity contribution in [1.82, 2.24) is 9.47 Å². The van der Waals surface area contributed by atoms with Crippen LogP contribution in [0, 0.1) is 5.82 Å². The summed E-state index contributed by atoms with van der Waals surface area (Å²) in [6.07, 6.45) is 2.90. The second-order valence-corrected chi connectivity index (χ2v) is 7.74. The van der Waals surface area contributed by atoms with E-state index in [1.807, 2.05) is 17.9 Å². The van der Waals surface area contributed by atoms with E-state index < -0.39 is 17.2 Å². The van der Waals surface area contributed by atoms with Gasteiger partial charge in [-0.15, -0.1) is 0 Å². The molecular formula is C23H25FN4O5. The van der Waals surface area contributed by atoms with E-state index in [0.717, 1.165) is 6.07 Å². The molecule has 2 aromatic heterocycles. The van der Waals surface area contributed by atoms with Gasteiger partial charge in [-0.25, -0.2) is 9.18 Å². The summed E-state index contributed by atoms with van der Waals surface area (Å²) in [6, 6.07) is 6.40. The Bertz CT molecular complexity index is 1240. The number of aryl methyl sites for hydroxylation is 1. The molecule has 3 heterocycles. The van der Waals surface area contributed by atoms with E-state index in [1.165, 1.54) is 13.3 Å². The van der Waals surface area contributed by atoms with Crippen LogP contribution in [0.4, 0.5) is 10.1 Å². The van der Waals surface area contributed by atoms with Gasteiger partial charge in [0, 0.05) is 50.9 Å². The van der Waals surface area contributed by atoms with Gasteiger partial charge in [0.15, 0.2) is 5.76 Å².